The van der Waals surface area contributed by atoms with E-state index in [0.29, 0.717) is 18.2 Å². The predicted octanol–water partition coefficient (Wildman–Crippen LogP) is 4.53. The molecular weight excluding hydrogens is 265 g/mol. The molecule has 3 heteroatoms. The zero-order valence-corrected chi connectivity index (χ0v) is 13.5. The maximum atomic E-state index is 13.7. The van der Waals surface area contributed by atoms with Crippen LogP contribution in [0.4, 0.5) is 4.39 Å². The molecule has 0 aromatic heterocycles. The Morgan fingerprint density at radius 1 is 1.19 bits per heavy atom. The van der Waals surface area contributed by atoms with E-state index in [1.54, 1.807) is 6.07 Å². The highest BCUT2D eigenvalue weighted by Crippen LogP contribution is 2.28. The average molecular weight is 293 g/mol. The van der Waals surface area contributed by atoms with Gasteiger partial charge in [-0.15, -0.1) is 0 Å². The van der Waals surface area contributed by atoms with Crippen LogP contribution in [0.25, 0.3) is 0 Å². The Bertz CT molecular complexity index is 439. The van der Waals surface area contributed by atoms with Crippen molar-refractivity contribution in [2.24, 2.45) is 11.8 Å². The van der Waals surface area contributed by atoms with Crippen LogP contribution in [-0.2, 0) is 6.54 Å². The molecule has 118 valence electrons. The largest absolute Gasteiger partial charge is 0.490 e. The summed E-state index contributed by atoms with van der Waals surface area (Å²) in [6.07, 6.45) is 4.84. The minimum Gasteiger partial charge on any atom is -0.490 e. The maximum Gasteiger partial charge on any atom is 0.127 e. The first-order valence-electron chi connectivity index (χ1n) is 8.19. The van der Waals surface area contributed by atoms with Gasteiger partial charge >= 0.3 is 0 Å². The number of halogens is 1. The van der Waals surface area contributed by atoms with Crippen LogP contribution in [0, 0.1) is 17.7 Å². The normalized spacial score (nSPS) is 22.5. The highest BCUT2D eigenvalue weighted by atomic mass is 19.1. The molecule has 21 heavy (non-hydrogen) atoms. The summed E-state index contributed by atoms with van der Waals surface area (Å²) in [5.41, 5.74) is 0.954. The van der Waals surface area contributed by atoms with Gasteiger partial charge in [0.15, 0.2) is 0 Å². The number of ether oxygens (including phenoxy) is 1. The summed E-state index contributed by atoms with van der Waals surface area (Å²) in [5, 5.41) is 3.34. The minimum absolute atomic E-state index is 0.210. The van der Waals surface area contributed by atoms with Crippen LogP contribution in [0.5, 0.6) is 5.75 Å². The number of nitrogens with one attached hydrogen (secondary N) is 1. The second kappa shape index (κ2) is 7.79. The lowest BCUT2D eigenvalue weighted by Gasteiger charge is -2.27. The van der Waals surface area contributed by atoms with Crippen molar-refractivity contribution in [1.82, 2.24) is 5.32 Å². The standard InChI is InChI=1S/C18H28FNO/c1-13(2)11-20-12-15-8-16(19)10-18(9-15)21-17-6-4-14(3)5-7-17/h8-10,13-14,17,20H,4-7,11-12H2,1-3H3. The van der Waals surface area contributed by atoms with Crippen LogP contribution >= 0.6 is 0 Å². The summed E-state index contributed by atoms with van der Waals surface area (Å²) in [7, 11) is 0. The molecule has 1 aromatic rings. The van der Waals surface area contributed by atoms with Gasteiger partial charge in [-0.25, -0.2) is 4.39 Å². The molecule has 0 heterocycles. The fraction of sp³-hybridized carbons (Fsp3) is 0.667. The van der Waals surface area contributed by atoms with Crippen LogP contribution in [0.15, 0.2) is 18.2 Å². The van der Waals surface area contributed by atoms with Gasteiger partial charge in [-0.1, -0.05) is 20.8 Å². The number of hydrogen-bond acceptors (Lipinski definition) is 2. The molecule has 0 unspecified atom stereocenters. The van der Waals surface area contributed by atoms with Crippen molar-refractivity contribution in [3.05, 3.63) is 29.6 Å². The van der Waals surface area contributed by atoms with E-state index in [2.05, 4.69) is 26.1 Å². The van der Waals surface area contributed by atoms with Crippen molar-refractivity contribution in [3.8, 4) is 5.75 Å². The summed E-state index contributed by atoms with van der Waals surface area (Å²) in [6.45, 7) is 8.24. The Morgan fingerprint density at radius 3 is 2.57 bits per heavy atom. The Kier molecular flexibility index (Phi) is 6.04. The van der Waals surface area contributed by atoms with Gasteiger partial charge in [0, 0.05) is 12.6 Å². The molecule has 0 amide bonds. The van der Waals surface area contributed by atoms with Crippen molar-refractivity contribution < 1.29 is 9.13 Å². The molecule has 0 atom stereocenters. The number of rotatable bonds is 6. The third kappa shape index (κ3) is 5.66. The van der Waals surface area contributed by atoms with E-state index in [1.165, 1.54) is 18.9 Å². The third-order valence-corrected chi connectivity index (χ3v) is 4.08. The van der Waals surface area contributed by atoms with Crippen LogP contribution in [0.1, 0.15) is 52.0 Å². The number of hydrogen-bond donors (Lipinski definition) is 1. The monoisotopic (exact) mass is 293 g/mol. The average Bonchev–Trinajstić information content (AvgIpc) is 2.40. The summed E-state index contributed by atoms with van der Waals surface area (Å²) in [4.78, 5) is 0. The van der Waals surface area contributed by atoms with E-state index in [4.69, 9.17) is 4.74 Å². The third-order valence-electron chi connectivity index (χ3n) is 4.08. The molecule has 0 saturated heterocycles. The highest BCUT2D eigenvalue weighted by molar-refractivity contribution is 5.29. The topological polar surface area (TPSA) is 21.3 Å². The van der Waals surface area contributed by atoms with Gasteiger partial charge in [0.2, 0.25) is 0 Å². The van der Waals surface area contributed by atoms with Gasteiger partial charge < -0.3 is 10.1 Å². The Hall–Kier alpha value is -1.09. The molecule has 2 nitrogen and oxygen atoms in total. The van der Waals surface area contributed by atoms with Crippen molar-refractivity contribution in [1.29, 1.82) is 0 Å². The zero-order chi connectivity index (χ0) is 15.2. The molecule has 0 aliphatic heterocycles. The molecule has 0 spiro atoms. The first-order valence-corrected chi connectivity index (χ1v) is 8.19. The van der Waals surface area contributed by atoms with Crippen LogP contribution in [0.2, 0.25) is 0 Å². The molecule has 0 radical (unpaired) electrons. The SMILES string of the molecule is CC(C)CNCc1cc(F)cc(OC2CCC(C)CC2)c1. The Balaban J connectivity index is 1.91. The van der Waals surface area contributed by atoms with Gasteiger partial charge in [0.1, 0.15) is 11.6 Å². The van der Waals surface area contributed by atoms with Gasteiger partial charge in [-0.05, 0) is 61.8 Å². The van der Waals surface area contributed by atoms with Gasteiger partial charge in [0.25, 0.3) is 0 Å². The van der Waals surface area contributed by atoms with Gasteiger partial charge in [-0.2, -0.15) is 0 Å². The first kappa shape index (κ1) is 16.3. The van der Waals surface area contributed by atoms with Crippen LogP contribution in [0.3, 0.4) is 0 Å². The Morgan fingerprint density at radius 2 is 1.90 bits per heavy atom. The van der Waals surface area contributed by atoms with Crippen LogP contribution < -0.4 is 10.1 Å². The fourth-order valence-corrected chi connectivity index (χ4v) is 2.84. The maximum absolute atomic E-state index is 13.7. The second-order valence-corrected chi connectivity index (χ2v) is 6.82. The highest BCUT2D eigenvalue weighted by Gasteiger charge is 2.19. The van der Waals surface area contributed by atoms with E-state index >= 15 is 0 Å². The van der Waals surface area contributed by atoms with Crippen molar-refractivity contribution >= 4 is 0 Å². The predicted molar refractivity (Wildman–Crippen MR) is 85.0 cm³/mol. The lowest BCUT2D eigenvalue weighted by atomic mass is 9.89. The van der Waals surface area contributed by atoms with E-state index in [-0.39, 0.29) is 11.9 Å². The molecule has 1 aliphatic carbocycles. The summed E-state index contributed by atoms with van der Waals surface area (Å²) in [6, 6.07) is 5.06. The number of benzene rings is 1. The molecule has 1 aliphatic rings. The molecule has 1 N–H and O–H groups in total. The lowest BCUT2D eigenvalue weighted by Crippen LogP contribution is -2.23. The molecule has 0 bridgehead atoms. The first-order chi connectivity index (χ1) is 10.0. The van der Waals surface area contributed by atoms with Gasteiger partial charge in [0.05, 0.1) is 6.10 Å². The Labute approximate surface area is 128 Å². The van der Waals surface area contributed by atoms with E-state index in [1.807, 2.05) is 6.07 Å². The van der Waals surface area contributed by atoms with Crippen molar-refractivity contribution in [2.75, 3.05) is 6.54 Å². The molecule has 2 rings (SSSR count). The summed E-state index contributed by atoms with van der Waals surface area (Å²) < 4.78 is 19.7. The molecule has 1 saturated carbocycles. The van der Waals surface area contributed by atoms with E-state index in [9.17, 15) is 4.39 Å². The smallest absolute Gasteiger partial charge is 0.127 e. The quantitative estimate of drug-likeness (QED) is 0.832. The summed E-state index contributed by atoms with van der Waals surface area (Å²) >= 11 is 0. The molecular formula is C18H28FNO. The van der Waals surface area contributed by atoms with Crippen molar-refractivity contribution in [2.45, 2.75) is 59.1 Å². The van der Waals surface area contributed by atoms with Crippen LogP contribution in [-0.4, -0.2) is 12.6 Å². The second-order valence-electron chi connectivity index (χ2n) is 6.82. The fourth-order valence-electron chi connectivity index (χ4n) is 2.84. The molecule has 1 aromatic carbocycles. The van der Waals surface area contributed by atoms with Gasteiger partial charge in [-0.3, -0.25) is 0 Å². The zero-order valence-electron chi connectivity index (χ0n) is 13.5. The minimum atomic E-state index is -0.210. The van der Waals surface area contributed by atoms with E-state index < -0.39 is 0 Å². The molecule has 1 fully saturated rings. The lowest BCUT2D eigenvalue weighted by molar-refractivity contribution is 0.135. The van der Waals surface area contributed by atoms with E-state index in [0.717, 1.165) is 30.9 Å². The summed E-state index contributed by atoms with van der Waals surface area (Å²) in [5.74, 6) is 1.86. The van der Waals surface area contributed by atoms with Crippen molar-refractivity contribution in [3.63, 3.8) is 0 Å².